The van der Waals surface area contributed by atoms with Crippen LogP contribution in [0.15, 0.2) is 54.6 Å². The molecule has 0 bridgehead atoms. The number of benzene rings is 2. The van der Waals surface area contributed by atoms with Gasteiger partial charge in [0.05, 0.1) is 0 Å². The van der Waals surface area contributed by atoms with E-state index in [-0.39, 0.29) is 5.82 Å². The molecule has 0 saturated carbocycles. The molecule has 0 aliphatic carbocycles. The van der Waals surface area contributed by atoms with Crippen LogP contribution < -0.4 is 10.6 Å². The third-order valence-corrected chi connectivity index (χ3v) is 3.02. The lowest BCUT2D eigenvalue weighted by Gasteiger charge is -2.25. The zero-order valence-corrected chi connectivity index (χ0v) is 10.9. The third-order valence-electron chi connectivity index (χ3n) is 3.02. The standard InChI is InChI=1S/C16H19FN2/c17-15-7-4-6-14(12-15)13-19(11-5-10-18)16-8-2-1-3-9-16/h1-4,6-9,12H,5,10-11,13,18H2. The summed E-state index contributed by atoms with van der Waals surface area (Å²) in [5.41, 5.74) is 7.70. The predicted octanol–water partition coefficient (Wildman–Crippen LogP) is 3.18. The summed E-state index contributed by atoms with van der Waals surface area (Å²) < 4.78 is 13.2. The molecule has 3 heteroatoms. The second-order valence-corrected chi connectivity index (χ2v) is 4.53. The number of nitrogens with two attached hydrogens (primary N) is 1. The minimum atomic E-state index is -0.190. The van der Waals surface area contributed by atoms with Crippen molar-refractivity contribution in [3.05, 3.63) is 66.0 Å². The molecule has 2 aromatic carbocycles. The van der Waals surface area contributed by atoms with E-state index in [1.807, 2.05) is 24.3 Å². The van der Waals surface area contributed by atoms with Crippen LogP contribution in [-0.2, 0) is 6.54 Å². The molecule has 0 aliphatic heterocycles. The number of para-hydroxylation sites is 1. The van der Waals surface area contributed by atoms with E-state index < -0.39 is 0 Å². The van der Waals surface area contributed by atoms with Gasteiger partial charge in [-0.05, 0) is 42.8 Å². The van der Waals surface area contributed by atoms with E-state index in [1.54, 1.807) is 12.1 Å². The van der Waals surface area contributed by atoms with E-state index in [1.165, 1.54) is 6.07 Å². The van der Waals surface area contributed by atoms with Crippen LogP contribution in [0.2, 0.25) is 0 Å². The fourth-order valence-electron chi connectivity index (χ4n) is 2.08. The Morgan fingerprint density at radius 1 is 1.00 bits per heavy atom. The van der Waals surface area contributed by atoms with E-state index in [0.717, 1.165) is 24.2 Å². The van der Waals surface area contributed by atoms with Crippen LogP contribution in [0, 0.1) is 5.82 Å². The summed E-state index contributed by atoms with van der Waals surface area (Å²) in [6, 6.07) is 16.9. The first-order chi connectivity index (χ1) is 9.29. The lowest BCUT2D eigenvalue weighted by molar-refractivity contribution is 0.624. The van der Waals surface area contributed by atoms with Crippen LogP contribution in [-0.4, -0.2) is 13.1 Å². The van der Waals surface area contributed by atoms with Gasteiger partial charge in [-0.25, -0.2) is 4.39 Å². The van der Waals surface area contributed by atoms with Gasteiger partial charge in [-0.15, -0.1) is 0 Å². The first kappa shape index (κ1) is 13.6. The Morgan fingerprint density at radius 3 is 2.47 bits per heavy atom. The molecular formula is C16H19FN2. The average Bonchev–Trinajstić information content (AvgIpc) is 2.44. The highest BCUT2D eigenvalue weighted by Crippen LogP contribution is 2.17. The maximum atomic E-state index is 13.2. The minimum Gasteiger partial charge on any atom is -0.367 e. The highest BCUT2D eigenvalue weighted by Gasteiger charge is 2.07. The summed E-state index contributed by atoms with van der Waals surface area (Å²) in [7, 11) is 0. The number of hydrogen-bond donors (Lipinski definition) is 1. The molecule has 0 saturated heterocycles. The number of halogens is 1. The van der Waals surface area contributed by atoms with Crippen LogP contribution in [0.4, 0.5) is 10.1 Å². The molecule has 0 amide bonds. The number of anilines is 1. The van der Waals surface area contributed by atoms with Gasteiger partial charge in [0, 0.05) is 18.8 Å². The van der Waals surface area contributed by atoms with E-state index >= 15 is 0 Å². The van der Waals surface area contributed by atoms with Crippen molar-refractivity contribution in [1.29, 1.82) is 0 Å². The van der Waals surface area contributed by atoms with Crippen LogP contribution >= 0.6 is 0 Å². The van der Waals surface area contributed by atoms with Crippen molar-refractivity contribution in [2.24, 2.45) is 5.73 Å². The Morgan fingerprint density at radius 2 is 1.79 bits per heavy atom. The molecule has 2 nitrogen and oxygen atoms in total. The van der Waals surface area contributed by atoms with Gasteiger partial charge < -0.3 is 10.6 Å². The van der Waals surface area contributed by atoms with E-state index in [2.05, 4.69) is 17.0 Å². The van der Waals surface area contributed by atoms with Gasteiger partial charge in [0.2, 0.25) is 0 Å². The zero-order chi connectivity index (χ0) is 13.5. The Balaban J connectivity index is 2.14. The van der Waals surface area contributed by atoms with Crippen LogP contribution in [0.25, 0.3) is 0 Å². The van der Waals surface area contributed by atoms with Crippen LogP contribution in [0.3, 0.4) is 0 Å². The Labute approximate surface area is 113 Å². The SMILES string of the molecule is NCCCN(Cc1cccc(F)c1)c1ccccc1. The number of hydrogen-bond acceptors (Lipinski definition) is 2. The summed E-state index contributed by atoms with van der Waals surface area (Å²) in [5.74, 6) is -0.190. The Hall–Kier alpha value is -1.87. The van der Waals surface area contributed by atoms with E-state index in [0.29, 0.717) is 13.1 Å². The third kappa shape index (κ3) is 4.07. The lowest BCUT2D eigenvalue weighted by Crippen LogP contribution is -2.25. The van der Waals surface area contributed by atoms with Crippen molar-refractivity contribution in [2.75, 3.05) is 18.0 Å². The molecule has 0 heterocycles. The quantitative estimate of drug-likeness (QED) is 0.862. The van der Waals surface area contributed by atoms with Gasteiger partial charge in [-0.2, -0.15) is 0 Å². The van der Waals surface area contributed by atoms with Gasteiger partial charge in [-0.3, -0.25) is 0 Å². The van der Waals surface area contributed by atoms with Crippen molar-refractivity contribution >= 4 is 5.69 Å². The normalized spacial score (nSPS) is 10.4. The Kier molecular flexibility index (Phi) is 4.93. The molecule has 2 rings (SSSR count). The minimum absolute atomic E-state index is 0.190. The van der Waals surface area contributed by atoms with E-state index in [4.69, 9.17) is 5.73 Å². The van der Waals surface area contributed by atoms with Crippen LogP contribution in [0.1, 0.15) is 12.0 Å². The van der Waals surface area contributed by atoms with Crippen molar-refractivity contribution < 1.29 is 4.39 Å². The Bertz CT molecular complexity index is 499. The monoisotopic (exact) mass is 258 g/mol. The molecule has 19 heavy (non-hydrogen) atoms. The highest BCUT2D eigenvalue weighted by molar-refractivity contribution is 5.46. The molecule has 0 aromatic heterocycles. The van der Waals surface area contributed by atoms with E-state index in [9.17, 15) is 4.39 Å². The van der Waals surface area contributed by atoms with Crippen molar-refractivity contribution in [3.63, 3.8) is 0 Å². The molecule has 0 atom stereocenters. The maximum Gasteiger partial charge on any atom is 0.123 e. The second kappa shape index (κ2) is 6.90. The molecule has 0 spiro atoms. The van der Waals surface area contributed by atoms with Gasteiger partial charge in [-0.1, -0.05) is 30.3 Å². The number of rotatable bonds is 6. The molecule has 0 radical (unpaired) electrons. The fraction of sp³-hybridized carbons (Fsp3) is 0.250. The molecular weight excluding hydrogens is 239 g/mol. The molecule has 100 valence electrons. The summed E-state index contributed by atoms with van der Waals surface area (Å²) in [6.07, 6.45) is 0.921. The molecule has 0 fully saturated rings. The first-order valence-corrected chi connectivity index (χ1v) is 6.54. The fourth-order valence-corrected chi connectivity index (χ4v) is 2.08. The zero-order valence-electron chi connectivity index (χ0n) is 10.9. The summed E-state index contributed by atoms with van der Waals surface area (Å²) >= 11 is 0. The van der Waals surface area contributed by atoms with Gasteiger partial charge in [0.25, 0.3) is 0 Å². The topological polar surface area (TPSA) is 29.3 Å². The van der Waals surface area contributed by atoms with Crippen LogP contribution in [0.5, 0.6) is 0 Å². The van der Waals surface area contributed by atoms with Gasteiger partial charge in [0.15, 0.2) is 0 Å². The van der Waals surface area contributed by atoms with Gasteiger partial charge in [0.1, 0.15) is 5.82 Å². The summed E-state index contributed by atoms with van der Waals surface area (Å²) in [6.45, 7) is 2.23. The highest BCUT2D eigenvalue weighted by atomic mass is 19.1. The smallest absolute Gasteiger partial charge is 0.123 e. The average molecular weight is 258 g/mol. The first-order valence-electron chi connectivity index (χ1n) is 6.54. The molecule has 0 aliphatic rings. The molecule has 2 N–H and O–H groups in total. The second-order valence-electron chi connectivity index (χ2n) is 4.53. The number of nitrogens with zero attached hydrogens (tertiary/aromatic N) is 1. The predicted molar refractivity (Wildman–Crippen MR) is 77.6 cm³/mol. The molecule has 2 aromatic rings. The molecule has 0 unspecified atom stereocenters. The van der Waals surface area contributed by atoms with Crippen molar-refractivity contribution in [1.82, 2.24) is 0 Å². The summed E-state index contributed by atoms with van der Waals surface area (Å²) in [5, 5.41) is 0. The lowest BCUT2D eigenvalue weighted by atomic mass is 10.2. The van der Waals surface area contributed by atoms with Crippen molar-refractivity contribution in [3.8, 4) is 0 Å². The summed E-state index contributed by atoms with van der Waals surface area (Å²) in [4.78, 5) is 2.22. The van der Waals surface area contributed by atoms with Crippen molar-refractivity contribution in [2.45, 2.75) is 13.0 Å². The largest absolute Gasteiger partial charge is 0.367 e. The maximum absolute atomic E-state index is 13.2. The van der Waals surface area contributed by atoms with Gasteiger partial charge >= 0.3 is 0 Å².